The van der Waals surface area contributed by atoms with E-state index in [0.717, 1.165) is 0 Å². The molecule has 0 aliphatic rings. The second-order valence-corrected chi connectivity index (χ2v) is 3.70. The topological polar surface area (TPSA) is 96.6 Å². The molecule has 7 nitrogen and oxygen atoms in total. The summed E-state index contributed by atoms with van der Waals surface area (Å²) < 4.78 is 1.51. The van der Waals surface area contributed by atoms with Crippen molar-refractivity contribution in [3.8, 4) is 0 Å². The van der Waals surface area contributed by atoms with Gasteiger partial charge in [-0.1, -0.05) is 0 Å². The van der Waals surface area contributed by atoms with E-state index in [2.05, 4.69) is 15.4 Å². The number of carboxylic acids is 1. The highest BCUT2D eigenvalue weighted by Crippen LogP contribution is 2.06. The van der Waals surface area contributed by atoms with Crippen LogP contribution in [0.3, 0.4) is 0 Å². The zero-order chi connectivity index (χ0) is 13.0. The molecule has 0 aromatic carbocycles. The molecule has 1 amide bonds. The maximum atomic E-state index is 11.8. The number of fused-ring (bicyclic) bond motifs is 1. The van der Waals surface area contributed by atoms with Crippen molar-refractivity contribution in [3.05, 3.63) is 30.2 Å². The van der Waals surface area contributed by atoms with Gasteiger partial charge in [-0.2, -0.15) is 5.10 Å². The van der Waals surface area contributed by atoms with E-state index in [1.54, 1.807) is 18.5 Å². The minimum absolute atomic E-state index is 0.0350. The summed E-state index contributed by atoms with van der Waals surface area (Å²) in [5.41, 5.74) is 0.860. The molecule has 0 bridgehead atoms. The average Bonchev–Trinajstić information content (AvgIpc) is 2.78. The first kappa shape index (κ1) is 12.0. The molecular formula is C11H12N4O3. The lowest BCUT2D eigenvalue weighted by Gasteiger charge is -2.02. The molecule has 0 unspecified atom stereocenters. The Hall–Kier alpha value is -2.44. The Labute approximate surface area is 102 Å². The molecule has 2 heterocycles. The Bertz CT molecular complexity index is 578. The Morgan fingerprint density at radius 3 is 3.06 bits per heavy atom. The van der Waals surface area contributed by atoms with E-state index in [1.807, 2.05) is 0 Å². The van der Waals surface area contributed by atoms with Gasteiger partial charge in [0.25, 0.3) is 5.91 Å². The van der Waals surface area contributed by atoms with Crippen LogP contribution < -0.4 is 5.32 Å². The third-order valence-corrected chi connectivity index (χ3v) is 2.38. The van der Waals surface area contributed by atoms with Crippen molar-refractivity contribution in [1.29, 1.82) is 0 Å². The highest BCUT2D eigenvalue weighted by Gasteiger charge is 2.12. The highest BCUT2D eigenvalue weighted by atomic mass is 16.4. The molecule has 94 valence electrons. The van der Waals surface area contributed by atoms with Gasteiger partial charge < -0.3 is 10.4 Å². The molecule has 0 aliphatic carbocycles. The summed E-state index contributed by atoms with van der Waals surface area (Å²) in [7, 11) is 0. The predicted molar refractivity (Wildman–Crippen MR) is 62.2 cm³/mol. The van der Waals surface area contributed by atoms with Crippen molar-refractivity contribution >= 4 is 17.5 Å². The number of nitrogens with one attached hydrogen (secondary N) is 1. The van der Waals surface area contributed by atoms with Gasteiger partial charge in [0.05, 0.1) is 6.20 Å². The minimum Gasteiger partial charge on any atom is -0.481 e. The summed E-state index contributed by atoms with van der Waals surface area (Å²) in [6.45, 7) is 0.315. The fraction of sp³-hybridized carbons (Fsp3) is 0.273. The van der Waals surface area contributed by atoms with Crippen LogP contribution >= 0.6 is 0 Å². The maximum Gasteiger partial charge on any atom is 0.303 e. The number of hydrogen-bond donors (Lipinski definition) is 2. The molecule has 2 N–H and O–H groups in total. The number of carbonyl (C=O) groups is 2. The zero-order valence-electron chi connectivity index (χ0n) is 9.54. The lowest BCUT2D eigenvalue weighted by Crippen LogP contribution is -2.24. The Balaban J connectivity index is 1.99. The molecule has 0 saturated carbocycles. The first-order valence-electron chi connectivity index (χ1n) is 5.47. The van der Waals surface area contributed by atoms with Gasteiger partial charge in [0.1, 0.15) is 5.56 Å². The second kappa shape index (κ2) is 5.26. The smallest absolute Gasteiger partial charge is 0.303 e. The van der Waals surface area contributed by atoms with E-state index in [0.29, 0.717) is 24.2 Å². The van der Waals surface area contributed by atoms with E-state index < -0.39 is 5.97 Å². The number of amides is 1. The molecular weight excluding hydrogens is 236 g/mol. The second-order valence-electron chi connectivity index (χ2n) is 3.70. The third-order valence-electron chi connectivity index (χ3n) is 2.38. The Morgan fingerprint density at radius 1 is 1.44 bits per heavy atom. The first-order chi connectivity index (χ1) is 8.68. The molecule has 0 saturated heterocycles. The molecule has 2 aromatic heterocycles. The van der Waals surface area contributed by atoms with Crippen LogP contribution in [0, 0.1) is 0 Å². The van der Waals surface area contributed by atoms with Gasteiger partial charge >= 0.3 is 5.97 Å². The number of hydrogen-bond acceptors (Lipinski definition) is 4. The molecule has 0 radical (unpaired) electrons. The standard InChI is InChI=1S/C11H12N4O3/c16-9(17)3-1-4-13-11(18)8-7-14-15-6-2-5-12-10(8)15/h2,5-7H,1,3-4H2,(H,13,18)(H,16,17). The van der Waals surface area contributed by atoms with Crippen LogP contribution in [0.1, 0.15) is 23.2 Å². The Kier molecular flexibility index (Phi) is 3.52. The fourth-order valence-corrected chi connectivity index (χ4v) is 1.52. The normalized spacial score (nSPS) is 10.4. The van der Waals surface area contributed by atoms with E-state index in [-0.39, 0.29) is 12.3 Å². The van der Waals surface area contributed by atoms with Crippen molar-refractivity contribution in [1.82, 2.24) is 19.9 Å². The molecule has 2 aromatic rings. The van der Waals surface area contributed by atoms with Crippen molar-refractivity contribution in [2.75, 3.05) is 6.54 Å². The molecule has 0 spiro atoms. The number of rotatable bonds is 5. The lowest BCUT2D eigenvalue weighted by atomic mass is 10.3. The van der Waals surface area contributed by atoms with Gasteiger partial charge in [-0.3, -0.25) is 9.59 Å². The summed E-state index contributed by atoms with van der Waals surface area (Å²) >= 11 is 0. The van der Waals surface area contributed by atoms with Gasteiger partial charge in [0, 0.05) is 25.4 Å². The molecule has 18 heavy (non-hydrogen) atoms. The Morgan fingerprint density at radius 2 is 2.28 bits per heavy atom. The third kappa shape index (κ3) is 2.62. The summed E-state index contributed by atoms with van der Waals surface area (Å²) in [5.74, 6) is -1.17. The van der Waals surface area contributed by atoms with Gasteiger partial charge in [-0.05, 0) is 12.5 Å². The lowest BCUT2D eigenvalue weighted by molar-refractivity contribution is -0.137. The number of aromatic nitrogens is 3. The molecule has 0 atom stereocenters. The van der Waals surface area contributed by atoms with E-state index in [4.69, 9.17) is 5.11 Å². The largest absolute Gasteiger partial charge is 0.481 e. The van der Waals surface area contributed by atoms with Crippen LogP contribution in [0.5, 0.6) is 0 Å². The van der Waals surface area contributed by atoms with Gasteiger partial charge in [0.2, 0.25) is 0 Å². The SMILES string of the molecule is O=C(O)CCCNC(=O)c1cnn2cccnc12. The van der Waals surface area contributed by atoms with Crippen LogP contribution in [-0.2, 0) is 4.79 Å². The summed E-state index contributed by atoms with van der Waals surface area (Å²) in [6, 6.07) is 1.72. The van der Waals surface area contributed by atoms with Crippen LogP contribution in [0.15, 0.2) is 24.7 Å². The van der Waals surface area contributed by atoms with Gasteiger partial charge in [-0.15, -0.1) is 0 Å². The summed E-state index contributed by atoms with van der Waals surface area (Å²) in [5, 5.41) is 15.1. The number of carboxylic acid groups (broad SMARTS) is 1. The zero-order valence-corrected chi connectivity index (χ0v) is 9.54. The van der Waals surface area contributed by atoms with E-state index >= 15 is 0 Å². The predicted octanol–water partition coefficient (Wildman–Crippen LogP) is 0.324. The van der Waals surface area contributed by atoms with E-state index in [9.17, 15) is 9.59 Å². The van der Waals surface area contributed by atoms with Crippen LogP contribution in [0.2, 0.25) is 0 Å². The van der Waals surface area contributed by atoms with Crippen molar-refractivity contribution in [2.45, 2.75) is 12.8 Å². The minimum atomic E-state index is -0.873. The maximum absolute atomic E-state index is 11.8. The fourth-order valence-electron chi connectivity index (χ4n) is 1.52. The van der Waals surface area contributed by atoms with Crippen molar-refractivity contribution < 1.29 is 14.7 Å². The molecule has 2 rings (SSSR count). The molecule has 0 fully saturated rings. The summed E-state index contributed by atoms with van der Waals surface area (Å²) in [4.78, 5) is 26.2. The van der Waals surface area contributed by atoms with Gasteiger partial charge in [0.15, 0.2) is 5.65 Å². The van der Waals surface area contributed by atoms with Crippen LogP contribution in [0.25, 0.3) is 5.65 Å². The number of carbonyl (C=O) groups excluding carboxylic acids is 1. The van der Waals surface area contributed by atoms with Crippen molar-refractivity contribution in [3.63, 3.8) is 0 Å². The van der Waals surface area contributed by atoms with Crippen molar-refractivity contribution in [2.24, 2.45) is 0 Å². The number of aliphatic carboxylic acids is 1. The van der Waals surface area contributed by atoms with Crippen LogP contribution in [0.4, 0.5) is 0 Å². The molecule has 7 heteroatoms. The summed E-state index contributed by atoms with van der Waals surface area (Å²) in [6.07, 6.45) is 5.15. The first-order valence-corrected chi connectivity index (χ1v) is 5.47. The van der Waals surface area contributed by atoms with E-state index in [1.165, 1.54) is 10.7 Å². The quantitative estimate of drug-likeness (QED) is 0.743. The van der Waals surface area contributed by atoms with Gasteiger partial charge in [-0.25, -0.2) is 9.50 Å². The monoisotopic (exact) mass is 248 g/mol. The highest BCUT2D eigenvalue weighted by molar-refractivity contribution is 5.99. The molecule has 0 aliphatic heterocycles. The van der Waals surface area contributed by atoms with Crippen LogP contribution in [-0.4, -0.2) is 38.1 Å². The number of nitrogens with zero attached hydrogens (tertiary/aromatic N) is 3. The average molecular weight is 248 g/mol.